The number of nitrogens with one attached hydrogen (secondary N) is 1. The zero-order valence-electron chi connectivity index (χ0n) is 13.8. The average molecular weight is 394 g/mol. The lowest BCUT2D eigenvalue weighted by Crippen LogP contribution is -2.11. The van der Waals surface area contributed by atoms with Gasteiger partial charge in [0.2, 0.25) is 9.84 Å². The molecule has 0 spiro atoms. The summed E-state index contributed by atoms with van der Waals surface area (Å²) < 4.78 is 47.9. The van der Waals surface area contributed by atoms with Gasteiger partial charge in [-0.05, 0) is 31.2 Å². The molecule has 0 bridgehead atoms. The van der Waals surface area contributed by atoms with Gasteiger partial charge in [-0.3, -0.25) is 0 Å². The molecule has 0 aliphatic carbocycles. The predicted octanol–water partition coefficient (Wildman–Crippen LogP) is 4.73. The van der Waals surface area contributed by atoms with Gasteiger partial charge in [-0.1, -0.05) is 30.3 Å². The Morgan fingerprint density at radius 1 is 1.08 bits per heavy atom. The molecule has 8 heteroatoms. The first-order chi connectivity index (χ1) is 12.4. The number of sulfone groups is 1. The zero-order chi connectivity index (χ0) is 18.7. The van der Waals surface area contributed by atoms with E-state index in [9.17, 15) is 17.2 Å². The Bertz CT molecular complexity index is 986. The van der Waals surface area contributed by atoms with Crippen molar-refractivity contribution in [3.05, 3.63) is 65.2 Å². The summed E-state index contributed by atoms with van der Waals surface area (Å²) in [5, 5.41) is 4.09. The molecule has 3 rings (SSSR count). The number of thiazole rings is 1. The van der Waals surface area contributed by atoms with Crippen LogP contribution in [0.4, 0.5) is 14.5 Å². The van der Waals surface area contributed by atoms with E-state index in [0.717, 1.165) is 21.1 Å². The topological polar surface area (TPSA) is 59.1 Å². The number of benzene rings is 2. The quantitative estimate of drug-likeness (QED) is 0.657. The Morgan fingerprint density at radius 2 is 1.73 bits per heavy atom. The minimum absolute atomic E-state index is 0.390. The summed E-state index contributed by atoms with van der Waals surface area (Å²) >= 11 is 1.57. The molecule has 0 aliphatic heterocycles. The second kappa shape index (κ2) is 7.51. The summed E-state index contributed by atoms with van der Waals surface area (Å²) in [6.07, 6.45) is 0. The van der Waals surface area contributed by atoms with E-state index < -0.39 is 20.5 Å². The van der Waals surface area contributed by atoms with Crippen molar-refractivity contribution in [1.29, 1.82) is 0 Å². The Kier molecular flexibility index (Phi) is 5.33. The molecule has 0 aliphatic rings. The number of hydrogen-bond acceptors (Lipinski definition) is 5. The van der Waals surface area contributed by atoms with Crippen LogP contribution in [0, 0.1) is 6.92 Å². The number of rotatable bonds is 6. The van der Waals surface area contributed by atoms with E-state index in [-0.39, 0.29) is 0 Å². The van der Waals surface area contributed by atoms with E-state index in [1.54, 1.807) is 11.3 Å². The van der Waals surface area contributed by atoms with Gasteiger partial charge in [0, 0.05) is 16.1 Å². The minimum atomic E-state index is -4.56. The van der Waals surface area contributed by atoms with Crippen molar-refractivity contribution < 1.29 is 17.2 Å². The van der Waals surface area contributed by atoms with Crippen molar-refractivity contribution >= 4 is 26.9 Å². The molecule has 0 saturated carbocycles. The Hall–Kier alpha value is -2.32. The van der Waals surface area contributed by atoms with Crippen molar-refractivity contribution in [2.45, 2.75) is 24.1 Å². The molecule has 0 amide bonds. The van der Waals surface area contributed by atoms with Crippen LogP contribution in [-0.4, -0.2) is 19.2 Å². The van der Waals surface area contributed by atoms with Gasteiger partial charge in [-0.25, -0.2) is 13.4 Å². The van der Waals surface area contributed by atoms with Crippen molar-refractivity contribution in [3.63, 3.8) is 0 Å². The van der Waals surface area contributed by atoms with Crippen LogP contribution in [0.2, 0.25) is 0 Å². The first-order valence-corrected chi connectivity index (χ1v) is 10.1. The van der Waals surface area contributed by atoms with Gasteiger partial charge < -0.3 is 5.32 Å². The first-order valence-electron chi connectivity index (χ1n) is 7.75. The maximum absolute atomic E-state index is 12.5. The number of alkyl halides is 2. The second-order valence-corrected chi connectivity index (χ2v) is 8.58. The van der Waals surface area contributed by atoms with Gasteiger partial charge in [0.1, 0.15) is 5.01 Å². The van der Waals surface area contributed by atoms with Crippen LogP contribution < -0.4 is 5.32 Å². The fourth-order valence-corrected chi connectivity index (χ4v) is 4.07. The summed E-state index contributed by atoms with van der Waals surface area (Å²) in [4.78, 5) is 5.23. The lowest BCUT2D eigenvalue weighted by Gasteiger charge is -2.07. The molecule has 1 heterocycles. The molecule has 0 saturated heterocycles. The SMILES string of the molecule is Cc1nc(-c2ccccc2)sc1CNc1ccc(S(=O)(=O)C(F)F)cc1. The molecule has 4 nitrogen and oxygen atoms in total. The minimum Gasteiger partial charge on any atom is -0.380 e. The van der Waals surface area contributed by atoms with Crippen LogP contribution >= 0.6 is 11.3 Å². The normalized spacial score (nSPS) is 11.7. The molecule has 1 aromatic heterocycles. The standard InChI is InChI=1S/C18H16F2N2O2S2/c1-12-16(25-17(22-12)13-5-3-2-4-6-13)11-21-14-7-9-15(10-8-14)26(23,24)18(19)20/h2-10,18,21H,11H2,1H3. The average Bonchev–Trinajstić information content (AvgIpc) is 3.02. The van der Waals surface area contributed by atoms with Gasteiger partial charge in [0.25, 0.3) is 0 Å². The zero-order valence-corrected chi connectivity index (χ0v) is 15.4. The number of aromatic nitrogens is 1. The third-order valence-corrected chi connectivity index (χ3v) is 6.39. The largest absolute Gasteiger partial charge is 0.380 e. The molecule has 0 fully saturated rings. The van der Waals surface area contributed by atoms with Crippen molar-refractivity contribution in [3.8, 4) is 10.6 Å². The van der Waals surface area contributed by atoms with E-state index in [2.05, 4.69) is 10.3 Å². The number of nitrogens with zero attached hydrogens (tertiary/aromatic N) is 1. The molecular weight excluding hydrogens is 378 g/mol. The third kappa shape index (κ3) is 3.91. The fraction of sp³-hybridized carbons (Fsp3) is 0.167. The van der Waals surface area contributed by atoms with Crippen LogP contribution in [0.25, 0.3) is 10.6 Å². The number of anilines is 1. The van der Waals surface area contributed by atoms with Crippen LogP contribution in [0.1, 0.15) is 10.6 Å². The molecule has 2 aromatic carbocycles. The third-order valence-electron chi connectivity index (χ3n) is 3.78. The lowest BCUT2D eigenvalue weighted by molar-refractivity contribution is 0.234. The molecule has 1 N–H and O–H groups in total. The monoisotopic (exact) mass is 394 g/mol. The molecule has 0 radical (unpaired) electrons. The number of hydrogen-bond donors (Lipinski definition) is 1. The second-order valence-electron chi connectivity index (χ2n) is 5.58. The van der Waals surface area contributed by atoms with Crippen molar-refractivity contribution in [2.24, 2.45) is 0 Å². The van der Waals surface area contributed by atoms with Gasteiger partial charge >= 0.3 is 5.76 Å². The van der Waals surface area contributed by atoms with Gasteiger partial charge in [0.05, 0.1) is 17.1 Å². The Morgan fingerprint density at radius 3 is 2.35 bits per heavy atom. The van der Waals surface area contributed by atoms with E-state index in [1.165, 1.54) is 24.3 Å². The summed E-state index contributed by atoms with van der Waals surface area (Å²) in [6, 6.07) is 15.2. The Balaban J connectivity index is 1.71. The highest BCUT2D eigenvalue weighted by atomic mass is 32.2. The predicted molar refractivity (Wildman–Crippen MR) is 99.2 cm³/mol. The number of halogens is 2. The van der Waals surface area contributed by atoms with Gasteiger partial charge in [-0.2, -0.15) is 8.78 Å². The molecule has 0 unspecified atom stereocenters. The van der Waals surface area contributed by atoms with Crippen molar-refractivity contribution in [2.75, 3.05) is 5.32 Å². The van der Waals surface area contributed by atoms with E-state index in [1.807, 2.05) is 37.3 Å². The summed E-state index contributed by atoms with van der Waals surface area (Å²) in [5.41, 5.74) is 2.61. The highest BCUT2D eigenvalue weighted by Gasteiger charge is 2.26. The fourth-order valence-electron chi connectivity index (χ4n) is 2.34. The first kappa shape index (κ1) is 18.5. The molecule has 26 heavy (non-hydrogen) atoms. The van der Waals surface area contributed by atoms with Gasteiger partial charge in [0.15, 0.2) is 0 Å². The Labute approximate surface area is 154 Å². The van der Waals surface area contributed by atoms with Crippen molar-refractivity contribution in [1.82, 2.24) is 4.98 Å². The van der Waals surface area contributed by atoms with Crippen LogP contribution in [0.5, 0.6) is 0 Å². The molecular formula is C18H16F2N2O2S2. The lowest BCUT2D eigenvalue weighted by atomic mass is 10.2. The molecule has 3 aromatic rings. The molecule has 0 atom stereocenters. The summed E-state index contributed by atoms with van der Waals surface area (Å²) in [5.74, 6) is -3.42. The number of aryl methyl sites for hydroxylation is 1. The maximum Gasteiger partial charge on any atom is 0.341 e. The summed E-state index contributed by atoms with van der Waals surface area (Å²) in [6.45, 7) is 2.44. The highest BCUT2D eigenvalue weighted by molar-refractivity contribution is 7.91. The smallest absolute Gasteiger partial charge is 0.341 e. The van der Waals surface area contributed by atoms with Gasteiger partial charge in [-0.15, -0.1) is 11.3 Å². The van der Waals surface area contributed by atoms with Crippen LogP contribution in [0.15, 0.2) is 59.5 Å². The highest BCUT2D eigenvalue weighted by Crippen LogP contribution is 2.28. The van der Waals surface area contributed by atoms with E-state index in [4.69, 9.17) is 0 Å². The summed E-state index contributed by atoms with van der Waals surface area (Å²) in [7, 11) is -4.56. The molecule has 136 valence electrons. The van der Waals surface area contributed by atoms with E-state index in [0.29, 0.717) is 12.2 Å². The maximum atomic E-state index is 12.5. The van der Waals surface area contributed by atoms with E-state index >= 15 is 0 Å². The van der Waals surface area contributed by atoms with Crippen LogP contribution in [0.3, 0.4) is 0 Å². The van der Waals surface area contributed by atoms with Crippen LogP contribution in [-0.2, 0) is 16.4 Å².